The zero-order valence-electron chi connectivity index (χ0n) is 15.5. The SMILES string of the molecule is Cc1cnc(Br)c(S[C@H]2O[C@@H]3COC(c4ccccc4)O[C@@H]3[C@H](N=[N+]=[N-])[C@H]2O)c1. The summed E-state index contributed by atoms with van der Waals surface area (Å²) in [6.07, 6.45) is -1.00. The number of aliphatic hydroxyl groups is 1. The number of azide groups is 1. The average Bonchev–Trinajstić information content (AvgIpc) is 2.74. The van der Waals surface area contributed by atoms with Gasteiger partial charge in [0.25, 0.3) is 0 Å². The monoisotopic (exact) mass is 478 g/mol. The third-order valence-electron chi connectivity index (χ3n) is 4.78. The van der Waals surface area contributed by atoms with Gasteiger partial charge in [-0.2, -0.15) is 0 Å². The van der Waals surface area contributed by atoms with Gasteiger partial charge in [0.2, 0.25) is 0 Å². The molecule has 29 heavy (non-hydrogen) atoms. The number of fused-ring (bicyclic) bond motifs is 1. The minimum Gasteiger partial charge on any atom is -0.389 e. The van der Waals surface area contributed by atoms with Crippen LogP contribution in [0.1, 0.15) is 17.4 Å². The highest BCUT2D eigenvalue weighted by Gasteiger charge is 2.49. The Labute approximate surface area is 180 Å². The molecule has 2 aliphatic rings. The Bertz CT molecular complexity index is 914. The molecule has 0 aliphatic carbocycles. The van der Waals surface area contributed by atoms with Crippen LogP contribution in [0.3, 0.4) is 0 Å². The summed E-state index contributed by atoms with van der Waals surface area (Å²) in [5.41, 5.74) is 10.2. The number of rotatable bonds is 4. The van der Waals surface area contributed by atoms with Crippen molar-refractivity contribution in [3.05, 3.63) is 68.8 Å². The Balaban J connectivity index is 1.56. The van der Waals surface area contributed by atoms with E-state index < -0.39 is 36.1 Å². The normalized spacial score (nSPS) is 31.6. The number of aryl methyl sites for hydroxylation is 1. The number of aromatic nitrogens is 1. The molecule has 1 unspecified atom stereocenters. The van der Waals surface area contributed by atoms with Crippen LogP contribution in [0.5, 0.6) is 0 Å². The zero-order chi connectivity index (χ0) is 20.4. The zero-order valence-corrected chi connectivity index (χ0v) is 17.9. The van der Waals surface area contributed by atoms with Gasteiger partial charge in [-0.3, -0.25) is 0 Å². The maximum absolute atomic E-state index is 10.9. The van der Waals surface area contributed by atoms with Crippen molar-refractivity contribution in [3.8, 4) is 0 Å². The first-order valence-corrected chi connectivity index (χ1v) is 10.7. The number of benzene rings is 1. The van der Waals surface area contributed by atoms with Gasteiger partial charge in [0.15, 0.2) is 6.29 Å². The van der Waals surface area contributed by atoms with Gasteiger partial charge >= 0.3 is 0 Å². The van der Waals surface area contributed by atoms with E-state index in [0.717, 1.165) is 16.0 Å². The minimum atomic E-state index is -1.06. The van der Waals surface area contributed by atoms with Crippen LogP contribution in [0.15, 0.2) is 57.2 Å². The topological polar surface area (TPSA) is 110 Å². The van der Waals surface area contributed by atoms with Crippen molar-refractivity contribution in [1.29, 1.82) is 0 Å². The quantitative estimate of drug-likeness (QED) is 0.306. The molecule has 4 rings (SSSR count). The van der Waals surface area contributed by atoms with Crippen molar-refractivity contribution in [1.82, 2.24) is 4.98 Å². The second-order valence-corrected chi connectivity index (χ2v) is 8.72. The summed E-state index contributed by atoms with van der Waals surface area (Å²) >= 11 is 4.75. The number of hydrogen-bond donors (Lipinski definition) is 1. The molecule has 2 fully saturated rings. The summed E-state index contributed by atoms with van der Waals surface area (Å²) in [7, 11) is 0. The molecule has 0 amide bonds. The van der Waals surface area contributed by atoms with Gasteiger partial charge < -0.3 is 19.3 Å². The number of halogens is 1. The van der Waals surface area contributed by atoms with Crippen LogP contribution in [-0.4, -0.2) is 46.5 Å². The molecule has 0 bridgehead atoms. The van der Waals surface area contributed by atoms with E-state index in [-0.39, 0.29) is 6.61 Å². The van der Waals surface area contributed by atoms with E-state index in [4.69, 9.17) is 19.7 Å². The van der Waals surface area contributed by atoms with Crippen molar-refractivity contribution in [2.45, 2.75) is 47.9 Å². The fraction of sp³-hybridized carbons (Fsp3) is 0.421. The highest BCUT2D eigenvalue weighted by Crippen LogP contribution is 2.41. The molecule has 2 aliphatic heterocycles. The molecule has 8 nitrogen and oxygen atoms in total. The van der Waals surface area contributed by atoms with Gasteiger partial charge in [0.05, 0.1) is 12.6 Å². The van der Waals surface area contributed by atoms with Crippen molar-refractivity contribution in [3.63, 3.8) is 0 Å². The van der Waals surface area contributed by atoms with Crippen LogP contribution in [0.2, 0.25) is 0 Å². The number of hydrogen-bond acceptors (Lipinski definition) is 7. The van der Waals surface area contributed by atoms with Crippen molar-refractivity contribution in [2.75, 3.05) is 6.61 Å². The van der Waals surface area contributed by atoms with E-state index in [1.807, 2.05) is 43.3 Å². The third kappa shape index (κ3) is 4.44. The second-order valence-electron chi connectivity index (χ2n) is 6.83. The highest BCUT2D eigenvalue weighted by molar-refractivity contribution is 9.10. The number of pyridine rings is 1. The number of ether oxygens (including phenoxy) is 3. The predicted molar refractivity (Wildman–Crippen MR) is 110 cm³/mol. The summed E-state index contributed by atoms with van der Waals surface area (Å²) < 4.78 is 18.6. The lowest BCUT2D eigenvalue weighted by molar-refractivity contribution is -0.297. The number of nitrogens with zero attached hydrogens (tertiary/aromatic N) is 4. The van der Waals surface area contributed by atoms with Crippen LogP contribution in [-0.2, 0) is 14.2 Å². The maximum atomic E-state index is 10.9. The average molecular weight is 479 g/mol. The van der Waals surface area contributed by atoms with Gasteiger partial charge in [-0.05, 0) is 40.0 Å². The fourth-order valence-electron chi connectivity index (χ4n) is 3.38. The van der Waals surface area contributed by atoms with E-state index in [0.29, 0.717) is 4.60 Å². The fourth-order valence-corrected chi connectivity index (χ4v) is 5.03. The lowest BCUT2D eigenvalue weighted by Crippen LogP contribution is -2.60. The molecule has 0 spiro atoms. The van der Waals surface area contributed by atoms with Crippen LogP contribution in [0.25, 0.3) is 10.4 Å². The molecule has 1 aromatic carbocycles. The summed E-state index contributed by atoms with van der Waals surface area (Å²) in [4.78, 5) is 8.03. The van der Waals surface area contributed by atoms with Gasteiger partial charge in [0, 0.05) is 21.6 Å². The van der Waals surface area contributed by atoms with Crippen molar-refractivity contribution >= 4 is 27.7 Å². The van der Waals surface area contributed by atoms with E-state index in [1.54, 1.807) is 6.20 Å². The molecule has 2 saturated heterocycles. The molecule has 3 heterocycles. The number of thioether (sulfide) groups is 1. The molecule has 6 atom stereocenters. The van der Waals surface area contributed by atoms with E-state index in [1.165, 1.54) is 11.8 Å². The molecular weight excluding hydrogens is 460 g/mol. The van der Waals surface area contributed by atoms with Crippen LogP contribution in [0.4, 0.5) is 0 Å². The first kappa shape index (κ1) is 20.6. The molecule has 10 heteroatoms. The molecule has 0 radical (unpaired) electrons. The van der Waals surface area contributed by atoms with E-state index in [2.05, 4.69) is 30.9 Å². The highest BCUT2D eigenvalue weighted by atomic mass is 79.9. The van der Waals surface area contributed by atoms with Gasteiger partial charge in [-0.1, -0.05) is 47.2 Å². The van der Waals surface area contributed by atoms with Gasteiger partial charge in [-0.25, -0.2) is 4.98 Å². The van der Waals surface area contributed by atoms with Crippen molar-refractivity contribution in [2.24, 2.45) is 5.11 Å². The van der Waals surface area contributed by atoms with Crippen LogP contribution in [0, 0.1) is 6.92 Å². The van der Waals surface area contributed by atoms with E-state index >= 15 is 0 Å². The van der Waals surface area contributed by atoms with Gasteiger partial charge in [0.1, 0.15) is 28.4 Å². The summed E-state index contributed by atoms with van der Waals surface area (Å²) in [5, 5.41) is 14.7. The Morgan fingerprint density at radius 2 is 2.10 bits per heavy atom. The third-order valence-corrected chi connectivity index (χ3v) is 6.86. The second kappa shape index (κ2) is 9.01. The first-order chi connectivity index (χ1) is 14.1. The van der Waals surface area contributed by atoms with Crippen molar-refractivity contribution < 1.29 is 19.3 Å². The Morgan fingerprint density at radius 1 is 1.31 bits per heavy atom. The molecule has 2 aromatic rings. The Hall–Kier alpha value is -1.65. The largest absolute Gasteiger partial charge is 0.389 e. The Kier molecular flexibility index (Phi) is 6.41. The van der Waals surface area contributed by atoms with Crippen LogP contribution >= 0.6 is 27.7 Å². The van der Waals surface area contributed by atoms with Crippen LogP contribution < -0.4 is 0 Å². The molecule has 1 aromatic heterocycles. The lowest BCUT2D eigenvalue weighted by Gasteiger charge is -2.46. The molecule has 1 N–H and O–H groups in total. The molecule has 152 valence electrons. The van der Waals surface area contributed by atoms with E-state index in [9.17, 15) is 5.11 Å². The summed E-state index contributed by atoms with van der Waals surface area (Å²) in [6, 6.07) is 10.6. The molecule has 0 saturated carbocycles. The Morgan fingerprint density at radius 3 is 2.86 bits per heavy atom. The predicted octanol–water partition coefficient (Wildman–Crippen LogP) is 4.12. The maximum Gasteiger partial charge on any atom is 0.184 e. The van der Waals surface area contributed by atoms with Gasteiger partial charge in [-0.15, -0.1) is 0 Å². The smallest absolute Gasteiger partial charge is 0.184 e. The summed E-state index contributed by atoms with van der Waals surface area (Å²) in [6.45, 7) is 2.20. The summed E-state index contributed by atoms with van der Waals surface area (Å²) in [5.74, 6) is 0. The number of aliphatic hydroxyl groups excluding tert-OH is 1. The standard InChI is InChI=1S/C19H19BrN4O4S/c1-10-7-13(17(20)22-8-10)29-19-15(25)14(23-24-21)16-12(27-19)9-26-18(28-16)11-5-3-2-4-6-11/h2-8,12,14-16,18-19,25H,9H2,1H3/t12-,14-,15-,16+,18?,19-/m1/s1. The molecular formula is C19H19BrN4O4S. The lowest BCUT2D eigenvalue weighted by atomic mass is 9.97. The first-order valence-electron chi connectivity index (χ1n) is 9.05. The minimum absolute atomic E-state index is 0.263.